The van der Waals surface area contributed by atoms with Crippen LogP contribution in [0.2, 0.25) is 0 Å². The highest BCUT2D eigenvalue weighted by molar-refractivity contribution is 5.94. The maximum absolute atomic E-state index is 13.2. The van der Waals surface area contributed by atoms with E-state index in [9.17, 15) is 9.18 Å². The molecule has 0 atom stereocenters. The lowest BCUT2D eigenvalue weighted by atomic mass is 9.92. The molecule has 0 bridgehead atoms. The van der Waals surface area contributed by atoms with Crippen LogP contribution in [0.25, 0.3) is 5.57 Å². The Morgan fingerprint density at radius 3 is 3.00 bits per heavy atom. The van der Waals surface area contributed by atoms with Crippen LogP contribution in [0.15, 0.2) is 22.6 Å². The second-order valence-corrected chi connectivity index (χ2v) is 3.21. The van der Waals surface area contributed by atoms with Crippen LogP contribution in [0.4, 0.5) is 4.39 Å². The standard InChI is InChI=1S/C10H9FO3/c11-9(10(12)13)7-2-1-3-8-6(7)4-5-14-8/h4-5H,1-3H2,(H,12,13)/b9-7+. The molecule has 3 nitrogen and oxygen atoms in total. The van der Waals surface area contributed by atoms with E-state index >= 15 is 0 Å². The van der Waals surface area contributed by atoms with Crippen molar-refractivity contribution in [1.29, 1.82) is 0 Å². The summed E-state index contributed by atoms with van der Waals surface area (Å²) in [5, 5.41) is 8.53. The molecule has 0 amide bonds. The third-order valence-corrected chi connectivity index (χ3v) is 2.35. The summed E-state index contributed by atoms with van der Waals surface area (Å²) in [6, 6.07) is 1.62. The monoisotopic (exact) mass is 196 g/mol. The van der Waals surface area contributed by atoms with Gasteiger partial charge in [0.15, 0.2) is 0 Å². The maximum atomic E-state index is 13.2. The fourth-order valence-electron chi connectivity index (χ4n) is 1.72. The molecule has 1 aliphatic rings. The molecule has 0 saturated carbocycles. The van der Waals surface area contributed by atoms with Crippen LogP contribution in [0.1, 0.15) is 24.2 Å². The zero-order valence-electron chi connectivity index (χ0n) is 7.42. The molecule has 0 unspecified atom stereocenters. The van der Waals surface area contributed by atoms with Crippen LogP contribution in [0.5, 0.6) is 0 Å². The summed E-state index contributed by atoms with van der Waals surface area (Å²) in [6.07, 6.45) is 3.41. The van der Waals surface area contributed by atoms with Gasteiger partial charge in [0, 0.05) is 17.6 Å². The van der Waals surface area contributed by atoms with Crippen molar-refractivity contribution >= 4 is 11.5 Å². The van der Waals surface area contributed by atoms with Crippen molar-refractivity contribution in [3.8, 4) is 0 Å². The zero-order valence-corrected chi connectivity index (χ0v) is 7.42. The Morgan fingerprint density at radius 2 is 2.29 bits per heavy atom. The Balaban J connectivity index is 2.51. The Kier molecular flexibility index (Phi) is 2.11. The highest BCUT2D eigenvalue weighted by Crippen LogP contribution is 2.34. The molecule has 74 valence electrons. The summed E-state index contributed by atoms with van der Waals surface area (Å²) < 4.78 is 18.3. The lowest BCUT2D eigenvalue weighted by Crippen LogP contribution is -2.05. The van der Waals surface area contributed by atoms with E-state index < -0.39 is 11.8 Å². The van der Waals surface area contributed by atoms with E-state index in [1.165, 1.54) is 6.26 Å². The van der Waals surface area contributed by atoms with Gasteiger partial charge in [-0.05, 0) is 18.9 Å². The molecule has 0 radical (unpaired) electrons. The SMILES string of the molecule is O=C(O)/C(F)=C1/CCCc2occc21. The minimum absolute atomic E-state index is 0.257. The van der Waals surface area contributed by atoms with Crippen molar-refractivity contribution < 1.29 is 18.7 Å². The summed E-state index contributed by atoms with van der Waals surface area (Å²) in [5.74, 6) is -1.89. The minimum Gasteiger partial charge on any atom is -0.476 e. The van der Waals surface area contributed by atoms with Crippen molar-refractivity contribution in [3.63, 3.8) is 0 Å². The molecule has 0 spiro atoms. The zero-order chi connectivity index (χ0) is 10.1. The number of carbonyl (C=O) groups is 1. The molecule has 0 saturated heterocycles. The lowest BCUT2D eigenvalue weighted by molar-refractivity contribution is -0.134. The van der Waals surface area contributed by atoms with E-state index in [4.69, 9.17) is 9.52 Å². The number of halogens is 1. The van der Waals surface area contributed by atoms with E-state index in [0.29, 0.717) is 17.7 Å². The second kappa shape index (κ2) is 3.29. The molecule has 4 heteroatoms. The number of hydrogen-bond donors (Lipinski definition) is 1. The number of furan rings is 1. The first-order chi connectivity index (χ1) is 6.70. The summed E-state index contributed by atoms with van der Waals surface area (Å²) in [5.41, 5.74) is 0.864. The van der Waals surface area contributed by atoms with Gasteiger partial charge in [0.25, 0.3) is 0 Å². The number of hydrogen-bond acceptors (Lipinski definition) is 2. The molecule has 2 rings (SSSR count). The summed E-state index contributed by atoms with van der Waals surface area (Å²) in [7, 11) is 0. The molecule has 14 heavy (non-hydrogen) atoms. The molecule has 1 N–H and O–H groups in total. The van der Waals surface area contributed by atoms with Gasteiger partial charge in [-0.25, -0.2) is 4.79 Å². The second-order valence-electron chi connectivity index (χ2n) is 3.21. The molecule has 1 aromatic heterocycles. The van der Waals surface area contributed by atoms with E-state index in [1.54, 1.807) is 6.07 Å². The number of rotatable bonds is 1. The average molecular weight is 196 g/mol. The molecular formula is C10H9FO3. The Bertz CT molecular complexity index is 403. The molecule has 1 aliphatic carbocycles. The summed E-state index contributed by atoms with van der Waals surface area (Å²) in [6.45, 7) is 0. The Labute approximate surface area is 79.8 Å². The largest absolute Gasteiger partial charge is 0.476 e. The molecular weight excluding hydrogens is 187 g/mol. The van der Waals surface area contributed by atoms with Crippen molar-refractivity contribution in [3.05, 3.63) is 29.5 Å². The van der Waals surface area contributed by atoms with Crippen molar-refractivity contribution in [2.24, 2.45) is 0 Å². The first kappa shape index (κ1) is 8.99. The van der Waals surface area contributed by atoms with Gasteiger partial charge in [-0.2, -0.15) is 4.39 Å². The topological polar surface area (TPSA) is 50.4 Å². The third kappa shape index (κ3) is 1.32. The number of aryl methyl sites for hydroxylation is 1. The smallest absolute Gasteiger partial charge is 0.365 e. The van der Waals surface area contributed by atoms with Crippen molar-refractivity contribution in [2.75, 3.05) is 0 Å². The van der Waals surface area contributed by atoms with E-state index in [2.05, 4.69) is 0 Å². The van der Waals surface area contributed by atoms with Crippen LogP contribution in [-0.4, -0.2) is 11.1 Å². The lowest BCUT2D eigenvalue weighted by Gasteiger charge is -2.13. The Hall–Kier alpha value is -1.58. The average Bonchev–Trinajstić information content (AvgIpc) is 2.63. The van der Waals surface area contributed by atoms with Gasteiger partial charge in [0.05, 0.1) is 6.26 Å². The van der Waals surface area contributed by atoms with Gasteiger partial charge in [-0.15, -0.1) is 0 Å². The van der Waals surface area contributed by atoms with Gasteiger partial charge >= 0.3 is 5.97 Å². The number of carboxylic acids is 1. The Morgan fingerprint density at radius 1 is 1.50 bits per heavy atom. The number of carboxylic acid groups (broad SMARTS) is 1. The number of allylic oxidation sites excluding steroid dienone is 1. The normalized spacial score (nSPS) is 18.9. The fourth-order valence-corrected chi connectivity index (χ4v) is 1.72. The van der Waals surface area contributed by atoms with Gasteiger partial charge in [0.2, 0.25) is 5.83 Å². The molecule has 0 aromatic carbocycles. The first-order valence-corrected chi connectivity index (χ1v) is 4.39. The van der Waals surface area contributed by atoms with Gasteiger partial charge < -0.3 is 9.52 Å². The van der Waals surface area contributed by atoms with E-state index in [-0.39, 0.29) is 5.57 Å². The molecule has 0 aliphatic heterocycles. The maximum Gasteiger partial charge on any atom is 0.365 e. The first-order valence-electron chi connectivity index (χ1n) is 4.39. The van der Waals surface area contributed by atoms with Crippen LogP contribution in [0.3, 0.4) is 0 Å². The van der Waals surface area contributed by atoms with Crippen LogP contribution < -0.4 is 0 Å². The summed E-state index contributed by atoms with van der Waals surface area (Å²) in [4.78, 5) is 10.5. The predicted octanol–water partition coefficient (Wildman–Crippen LogP) is 2.38. The number of fused-ring (bicyclic) bond motifs is 1. The van der Waals surface area contributed by atoms with Gasteiger partial charge in [0.1, 0.15) is 5.76 Å². The molecule has 1 aromatic rings. The van der Waals surface area contributed by atoms with Gasteiger partial charge in [-0.3, -0.25) is 0 Å². The van der Waals surface area contributed by atoms with E-state index in [0.717, 1.165) is 12.8 Å². The molecule has 1 heterocycles. The predicted molar refractivity (Wildman–Crippen MR) is 47.3 cm³/mol. The van der Waals surface area contributed by atoms with Gasteiger partial charge in [-0.1, -0.05) is 0 Å². The quantitative estimate of drug-likeness (QED) is 0.701. The van der Waals surface area contributed by atoms with Crippen molar-refractivity contribution in [2.45, 2.75) is 19.3 Å². The highest BCUT2D eigenvalue weighted by atomic mass is 19.1. The van der Waals surface area contributed by atoms with E-state index in [1.807, 2.05) is 0 Å². The number of aliphatic carboxylic acids is 1. The van der Waals surface area contributed by atoms with Crippen LogP contribution in [-0.2, 0) is 11.2 Å². The fraction of sp³-hybridized carbons (Fsp3) is 0.300. The minimum atomic E-state index is -1.51. The highest BCUT2D eigenvalue weighted by Gasteiger charge is 2.23. The molecule has 0 fully saturated rings. The third-order valence-electron chi connectivity index (χ3n) is 2.35. The van der Waals surface area contributed by atoms with Crippen molar-refractivity contribution in [1.82, 2.24) is 0 Å². The van der Waals surface area contributed by atoms with Crippen LogP contribution in [0, 0.1) is 0 Å². The van der Waals surface area contributed by atoms with Crippen LogP contribution >= 0.6 is 0 Å². The summed E-state index contributed by atoms with van der Waals surface area (Å²) >= 11 is 0.